The van der Waals surface area contributed by atoms with Crippen LogP contribution in [0, 0.1) is 11.8 Å². The maximum Gasteiger partial charge on any atom is 0.317 e. The van der Waals surface area contributed by atoms with Crippen LogP contribution in [0.15, 0.2) is 0 Å². The highest BCUT2D eigenvalue weighted by Crippen LogP contribution is 2.22. The number of amides is 3. The van der Waals surface area contributed by atoms with E-state index in [0.29, 0.717) is 32.1 Å². The van der Waals surface area contributed by atoms with Crippen LogP contribution in [-0.2, 0) is 9.53 Å². The molecule has 3 unspecified atom stereocenters. The Bertz CT molecular complexity index is 465. The second kappa shape index (κ2) is 9.58. The lowest BCUT2D eigenvalue weighted by atomic mass is 9.95. The molecule has 0 spiro atoms. The quantitative estimate of drug-likeness (QED) is 0.813. The lowest BCUT2D eigenvalue weighted by Gasteiger charge is -2.39. The summed E-state index contributed by atoms with van der Waals surface area (Å²) in [6.45, 7) is 13.2. The Hall–Kier alpha value is -1.30. The molecule has 6 heteroatoms. The van der Waals surface area contributed by atoms with E-state index in [2.05, 4.69) is 26.1 Å². The van der Waals surface area contributed by atoms with Gasteiger partial charge in [0.15, 0.2) is 0 Å². The highest BCUT2D eigenvalue weighted by molar-refractivity contribution is 5.80. The van der Waals surface area contributed by atoms with E-state index in [9.17, 15) is 9.59 Å². The number of morpholine rings is 1. The summed E-state index contributed by atoms with van der Waals surface area (Å²) in [7, 11) is 0. The summed E-state index contributed by atoms with van der Waals surface area (Å²) in [6, 6.07) is 0.210. The van der Waals surface area contributed by atoms with Gasteiger partial charge in [-0.15, -0.1) is 0 Å². The van der Waals surface area contributed by atoms with Crippen LogP contribution in [0.1, 0.15) is 60.3 Å². The number of urea groups is 1. The Kier molecular flexibility index (Phi) is 7.74. The number of hydrogen-bond donors (Lipinski definition) is 1. The van der Waals surface area contributed by atoms with Crippen LogP contribution < -0.4 is 5.32 Å². The van der Waals surface area contributed by atoms with Crippen molar-refractivity contribution in [1.82, 2.24) is 15.1 Å². The van der Waals surface area contributed by atoms with E-state index in [1.807, 2.05) is 23.6 Å². The SMILES string of the molecule is CC(C)CCC(C)NC(=O)N1CCC(C(=O)N2CC(C)OC(C)C2)CC1. The van der Waals surface area contributed by atoms with Crippen molar-refractivity contribution in [3.63, 3.8) is 0 Å². The molecule has 2 heterocycles. The van der Waals surface area contributed by atoms with Crippen molar-refractivity contribution in [2.75, 3.05) is 26.2 Å². The average Bonchev–Trinajstić information content (AvgIpc) is 2.58. The van der Waals surface area contributed by atoms with Crippen molar-refractivity contribution in [3.8, 4) is 0 Å². The molecule has 3 amide bonds. The van der Waals surface area contributed by atoms with Crippen molar-refractivity contribution >= 4 is 11.9 Å². The highest BCUT2D eigenvalue weighted by atomic mass is 16.5. The third-order valence-electron chi connectivity index (χ3n) is 5.41. The van der Waals surface area contributed by atoms with Gasteiger partial charge in [0.1, 0.15) is 0 Å². The number of carbonyl (C=O) groups is 2. The van der Waals surface area contributed by atoms with Crippen LogP contribution in [0.25, 0.3) is 0 Å². The zero-order chi connectivity index (χ0) is 19.3. The maximum atomic E-state index is 12.8. The summed E-state index contributed by atoms with van der Waals surface area (Å²) in [6.07, 6.45) is 3.83. The Morgan fingerprint density at radius 2 is 1.58 bits per heavy atom. The van der Waals surface area contributed by atoms with Crippen LogP contribution >= 0.6 is 0 Å². The highest BCUT2D eigenvalue weighted by Gasteiger charge is 2.33. The van der Waals surface area contributed by atoms with E-state index >= 15 is 0 Å². The van der Waals surface area contributed by atoms with E-state index in [-0.39, 0.29) is 36.1 Å². The molecule has 26 heavy (non-hydrogen) atoms. The van der Waals surface area contributed by atoms with Gasteiger partial charge in [0.25, 0.3) is 0 Å². The number of piperidine rings is 1. The summed E-state index contributed by atoms with van der Waals surface area (Å²) in [5, 5.41) is 3.10. The minimum Gasteiger partial charge on any atom is -0.372 e. The molecule has 3 atom stereocenters. The molecule has 2 aliphatic rings. The van der Waals surface area contributed by atoms with Gasteiger partial charge in [0.2, 0.25) is 5.91 Å². The Balaban J connectivity index is 1.75. The molecule has 0 radical (unpaired) electrons. The molecule has 2 rings (SSSR count). The van der Waals surface area contributed by atoms with E-state index in [4.69, 9.17) is 4.74 Å². The van der Waals surface area contributed by atoms with Gasteiger partial charge in [-0.3, -0.25) is 4.79 Å². The Labute approximate surface area is 158 Å². The minimum atomic E-state index is 0.0146. The van der Waals surface area contributed by atoms with E-state index in [1.54, 1.807) is 0 Å². The van der Waals surface area contributed by atoms with Gasteiger partial charge in [-0.05, 0) is 52.4 Å². The monoisotopic (exact) mass is 367 g/mol. The standard InChI is InChI=1S/C20H37N3O3/c1-14(2)6-7-15(3)21-20(25)22-10-8-18(9-11-22)19(24)23-12-16(4)26-17(5)13-23/h14-18H,6-13H2,1-5H3,(H,21,25). The fraction of sp³-hybridized carbons (Fsp3) is 0.900. The molecular formula is C20H37N3O3. The lowest BCUT2D eigenvalue weighted by molar-refractivity contribution is -0.148. The summed E-state index contributed by atoms with van der Waals surface area (Å²) in [4.78, 5) is 29.0. The molecule has 2 saturated heterocycles. The van der Waals surface area contributed by atoms with Crippen LogP contribution in [0.2, 0.25) is 0 Å². The van der Waals surface area contributed by atoms with Gasteiger partial charge in [0, 0.05) is 38.1 Å². The van der Waals surface area contributed by atoms with Gasteiger partial charge < -0.3 is 19.9 Å². The van der Waals surface area contributed by atoms with E-state index in [1.165, 1.54) is 0 Å². The minimum absolute atomic E-state index is 0.0146. The van der Waals surface area contributed by atoms with Crippen LogP contribution in [0.3, 0.4) is 0 Å². The number of nitrogens with one attached hydrogen (secondary N) is 1. The zero-order valence-corrected chi connectivity index (χ0v) is 17.2. The first-order valence-corrected chi connectivity index (χ1v) is 10.3. The fourth-order valence-electron chi connectivity index (χ4n) is 3.90. The Morgan fingerprint density at radius 1 is 1.00 bits per heavy atom. The number of hydrogen-bond acceptors (Lipinski definition) is 3. The van der Waals surface area contributed by atoms with Gasteiger partial charge in [-0.25, -0.2) is 4.79 Å². The Morgan fingerprint density at radius 3 is 2.12 bits per heavy atom. The second-order valence-corrected chi connectivity index (χ2v) is 8.58. The van der Waals surface area contributed by atoms with Gasteiger partial charge >= 0.3 is 6.03 Å². The normalized spacial score (nSPS) is 26.1. The van der Waals surface area contributed by atoms with Crippen LogP contribution in [-0.4, -0.2) is 66.2 Å². The molecule has 150 valence electrons. The van der Waals surface area contributed by atoms with Crippen molar-refractivity contribution in [2.24, 2.45) is 11.8 Å². The molecule has 0 aliphatic carbocycles. The van der Waals surface area contributed by atoms with Crippen LogP contribution in [0.5, 0.6) is 0 Å². The third-order valence-corrected chi connectivity index (χ3v) is 5.41. The van der Waals surface area contributed by atoms with Gasteiger partial charge in [-0.2, -0.15) is 0 Å². The van der Waals surface area contributed by atoms with Crippen molar-refractivity contribution < 1.29 is 14.3 Å². The second-order valence-electron chi connectivity index (χ2n) is 8.58. The smallest absolute Gasteiger partial charge is 0.317 e. The first-order chi connectivity index (χ1) is 12.3. The predicted octanol–water partition coefficient (Wildman–Crippen LogP) is 2.87. The predicted molar refractivity (Wildman–Crippen MR) is 103 cm³/mol. The molecule has 0 aromatic heterocycles. The van der Waals surface area contributed by atoms with Crippen molar-refractivity contribution in [3.05, 3.63) is 0 Å². The maximum absolute atomic E-state index is 12.8. The molecule has 2 aliphatic heterocycles. The summed E-state index contributed by atoms with van der Waals surface area (Å²) in [5.74, 6) is 0.925. The van der Waals surface area contributed by atoms with E-state index < -0.39 is 0 Å². The molecule has 0 aromatic rings. The van der Waals surface area contributed by atoms with Gasteiger partial charge in [0.05, 0.1) is 12.2 Å². The first-order valence-electron chi connectivity index (χ1n) is 10.3. The summed E-state index contributed by atoms with van der Waals surface area (Å²) in [5.41, 5.74) is 0. The first kappa shape index (κ1) is 21.0. The molecule has 2 fully saturated rings. The molecule has 1 N–H and O–H groups in total. The van der Waals surface area contributed by atoms with Crippen LogP contribution in [0.4, 0.5) is 4.79 Å². The molecule has 0 aromatic carbocycles. The fourth-order valence-corrected chi connectivity index (χ4v) is 3.90. The summed E-state index contributed by atoms with van der Waals surface area (Å²) >= 11 is 0. The van der Waals surface area contributed by atoms with Gasteiger partial charge in [-0.1, -0.05) is 13.8 Å². The van der Waals surface area contributed by atoms with Crippen molar-refractivity contribution in [1.29, 1.82) is 0 Å². The number of likely N-dealkylation sites (tertiary alicyclic amines) is 1. The largest absolute Gasteiger partial charge is 0.372 e. The molecule has 0 bridgehead atoms. The number of rotatable bonds is 5. The third kappa shape index (κ3) is 6.15. The number of nitrogens with zero attached hydrogens (tertiary/aromatic N) is 2. The summed E-state index contributed by atoms with van der Waals surface area (Å²) < 4.78 is 5.72. The lowest BCUT2D eigenvalue weighted by Crippen LogP contribution is -2.53. The zero-order valence-electron chi connectivity index (χ0n) is 17.2. The number of ether oxygens (including phenoxy) is 1. The molecule has 0 saturated carbocycles. The average molecular weight is 368 g/mol. The molecular weight excluding hydrogens is 330 g/mol. The number of carbonyl (C=O) groups excluding carboxylic acids is 2. The topological polar surface area (TPSA) is 61.9 Å². The molecule has 6 nitrogen and oxygen atoms in total. The van der Waals surface area contributed by atoms with Crippen molar-refractivity contribution in [2.45, 2.75) is 78.6 Å². The van der Waals surface area contributed by atoms with E-state index in [0.717, 1.165) is 25.7 Å².